The van der Waals surface area contributed by atoms with Crippen LogP contribution in [0.15, 0.2) is 18.7 Å². The van der Waals surface area contributed by atoms with E-state index in [1.54, 1.807) is 0 Å². The highest BCUT2D eigenvalue weighted by molar-refractivity contribution is 5.84. The van der Waals surface area contributed by atoms with Crippen LogP contribution in [0.1, 0.15) is 20.3 Å². The van der Waals surface area contributed by atoms with E-state index in [1.807, 2.05) is 13.8 Å². The van der Waals surface area contributed by atoms with E-state index in [4.69, 9.17) is 0 Å². The van der Waals surface area contributed by atoms with Gasteiger partial charge in [-0.3, -0.25) is 4.57 Å². The predicted molar refractivity (Wildman–Crippen MR) is 61.4 cm³/mol. The standard InChI is InChI=1S/C11H17N3O3/c1-4-8(2)9(10(15)17-3)13-11(16)14-6-5-12-7-14/h5-9H,4H2,1-3H3,(H,13,16). The smallest absolute Gasteiger partial charge is 0.328 e. The minimum atomic E-state index is -0.639. The Hall–Kier alpha value is -1.85. The van der Waals surface area contributed by atoms with Crippen molar-refractivity contribution >= 4 is 12.0 Å². The summed E-state index contributed by atoms with van der Waals surface area (Å²) in [6.45, 7) is 3.83. The molecule has 0 radical (unpaired) electrons. The number of nitrogens with one attached hydrogen (secondary N) is 1. The van der Waals surface area contributed by atoms with Gasteiger partial charge < -0.3 is 10.1 Å². The van der Waals surface area contributed by atoms with E-state index in [1.165, 1.54) is 30.4 Å². The van der Waals surface area contributed by atoms with Gasteiger partial charge in [0.25, 0.3) is 0 Å². The molecule has 0 spiro atoms. The van der Waals surface area contributed by atoms with Gasteiger partial charge in [0.2, 0.25) is 0 Å². The fourth-order valence-corrected chi connectivity index (χ4v) is 1.38. The van der Waals surface area contributed by atoms with Gasteiger partial charge in [0, 0.05) is 12.4 Å². The Balaban J connectivity index is 2.73. The van der Waals surface area contributed by atoms with Gasteiger partial charge in [0.05, 0.1) is 7.11 Å². The fourth-order valence-electron chi connectivity index (χ4n) is 1.38. The summed E-state index contributed by atoms with van der Waals surface area (Å²) in [6, 6.07) is -1.03. The number of methoxy groups -OCH3 is 1. The SMILES string of the molecule is CCC(C)C(NC(=O)n1ccnc1)C(=O)OC. The first kappa shape index (κ1) is 13.2. The number of hydrogen-bond donors (Lipinski definition) is 1. The average molecular weight is 239 g/mol. The van der Waals surface area contributed by atoms with Gasteiger partial charge in [-0.15, -0.1) is 0 Å². The molecule has 0 saturated carbocycles. The van der Waals surface area contributed by atoms with Crippen LogP contribution >= 0.6 is 0 Å². The Morgan fingerprint density at radius 3 is 2.71 bits per heavy atom. The Morgan fingerprint density at radius 2 is 2.24 bits per heavy atom. The van der Waals surface area contributed by atoms with E-state index in [0.29, 0.717) is 0 Å². The van der Waals surface area contributed by atoms with Crippen molar-refractivity contribution in [1.29, 1.82) is 0 Å². The molecular formula is C11H17N3O3. The average Bonchev–Trinajstić information content (AvgIpc) is 2.87. The summed E-state index contributed by atoms with van der Waals surface area (Å²) in [5.41, 5.74) is 0. The Bertz CT molecular complexity index is 375. The molecule has 6 heteroatoms. The van der Waals surface area contributed by atoms with Crippen molar-refractivity contribution in [3.8, 4) is 0 Å². The molecule has 1 aromatic rings. The van der Waals surface area contributed by atoms with Crippen LogP contribution in [0.4, 0.5) is 4.79 Å². The molecule has 0 bridgehead atoms. The molecule has 94 valence electrons. The van der Waals surface area contributed by atoms with E-state index in [0.717, 1.165) is 6.42 Å². The Morgan fingerprint density at radius 1 is 1.53 bits per heavy atom. The lowest BCUT2D eigenvalue weighted by Gasteiger charge is -2.21. The summed E-state index contributed by atoms with van der Waals surface area (Å²) >= 11 is 0. The van der Waals surface area contributed by atoms with Crippen LogP contribution in [0.5, 0.6) is 0 Å². The van der Waals surface area contributed by atoms with Crippen LogP contribution in [0.3, 0.4) is 0 Å². The van der Waals surface area contributed by atoms with Gasteiger partial charge in [-0.25, -0.2) is 14.6 Å². The molecule has 0 aliphatic heterocycles. The normalized spacial score (nSPS) is 13.8. The summed E-state index contributed by atoms with van der Waals surface area (Å²) in [6.07, 6.45) is 5.15. The van der Waals surface area contributed by atoms with Crippen molar-refractivity contribution in [2.75, 3.05) is 7.11 Å². The molecule has 0 aromatic carbocycles. The van der Waals surface area contributed by atoms with E-state index < -0.39 is 18.0 Å². The lowest BCUT2D eigenvalue weighted by atomic mass is 9.99. The monoisotopic (exact) mass is 239 g/mol. The molecule has 1 heterocycles. The molecule has 0 aliphatic carbocycles. The largest absolute Gasteiger partial charge is 0.467 e. The zero-order valence-corrected chi connectivity index (χ0v) is 10.2. The predicted octanol–water partition coefficient (Wildman–Crippen LogP) is 1.03. The van der Waals surface area contributed by atoms with Crippen molar-refractivity contribution in [3.63, 3.8) is 0 Å². The third kappa shape index (κ3) is 3.30. The fraction of sp³-hybridized carbons (Fsp3) is 0.545. The number of carbonyl (C=O) groups is 2. The second-order valence-corrected chi connectivity index (χ2v) is 3.81. The van der Waals surface area contributed by atoms with E-state index in [-0.39, 0.29) is 5.92 Å². The Labute approximate surface area is 100.0 Å². The highest BCUT2D eigenvalue weighted by Crippen LogP contribution is 2.09. The first-order valence-electron chi connectivity index (χ1n) is 5.46. The lowest BCUT2D eigenvalue weighted by Crippen LogP contribution is -2.46. The van der Waals surface area contributed by atoms with Crippen LogP contribution in [0.2, 0.25) is 0 Å². The molecule has 2 atom stereocenters. The molecule has 1 aromatic heterocycles. The molecule has 6 nitrogen and oxygen atoms in total. The van der Waals surface area contributed by atoms with Crippen molar-refractivity contribution in [2.45, 2.75) is 26.3 Å². The Kier molecular flexibility index (Phi) is 4.68. The summed E-state index contributed by atoms with van der Waals surface area (Å²) in [7, 11) is 1.31. The zero-order valence-electron chi connectivity index (χ0n) is 10.2. The van der Waals surface area contributed by atoms with Crippen molar-refractivity contribution in [1.82, 2.24) is 14.9 Å². The third-order valence-corrected chi connectivity index (χ3v) is 2.69. The second-order valence-electron chi connectivity index (χ2n) is 3.81. The van der Waals surface area contributed by atoms with Gasteiger partial charge >= 0.3 is 12.0 Å². The number of rotatable bonds is 4. The van der Waals surface area contributed by atoms with E-state index in [2.05, 4.69) is 15.0 Å². The van der Waals surface area contributed by atoms with Crippen LogP contribution in [0.25, 0.3) is 0 Å². The number of amides is 1. The zero-order chi connectivity index (χ0) is 12.8. The van der Waals surface area contributed by atoms with Gasteiger partial charge in [-0.05, 0) is 5.92 Å². The van der Waals surface area contributed by atoms with Crippen LogP contribution in [0, 0.1) is 5.92 Å². The van der Waals surface area contributed by atoms with E-state index >= 15 is 0 Å². The number of ether oxygens (including phenoxy) is 1. The maximum Gasteiger partial charge on any atom is 0.328 e. The number of nitrogens with zero attached hydrogens (tertiary/aromatic N) is 2. The first-order valence-corrected chi connectivity index (χ1v) is 5.46. The van der Waals surface area contributed by atoms with Gasteiger partial charge in [-0.1, -0.05) is 20.3 Å². The number of esters is 1. The highest BCUT2D eigenvalue weighted by atomic mass is 16.5. The molecule has 17 heavy (non-hydrogen) atoms. The quantitative estimate of drug-likeness (QED) is 0.796. The van der Waals surface area contributed by atoms with Gasteiger partial charge in [-0.2, -0.15) is 0 Å². The van der Waals surface area contributed by atoms with E-state index in [9.17, 15) is 9.59 Å². The minimum Gasteiger partial charge on any atom is -0.467 e. The lowest BCUT2D eigenvalue weighted by molar-refractivity contribution is -0.144. The molecule has 0 aliphatic rings. The summed E-state index contributed by atoms with van der Waals surface area (Å²) in [5, 5.41) is 2.63. The topological polar surface area (TPSA) is 73.2 Å². The molecular weight excluding hydrogens is 222 g/mol. The molecule has 1 N–H and O–H groups in total. The summed E-state index contributed by atoms with van der Waals surface area (Å²) < 4.78 is 5.95. The van der Waals surface area contributed by atoms with Crippen LogP contribution in [-0.2, 0) is 9.53 Å². The second kappa shape index (κ2) is 6.03. The number of carbonyl (C=O) groups excluding carboxylic acids is 2. The molecule has 1 rings (SSSR count). The van der Waals surface area contributed by atoms with Gasteiger partial charge in [0.15, 0.2) is 0 Å². The number of aromatic nitrogens is 2. The molecule has 0 saturated heterocycles. The number of hydrogen-bond acceptors (Lipinski definition) is 4. The van der Waals surface area contributed by atoms with Crippen LogP contribution < -0.4 is 5.32 Å². The van der Waals surface area contributed by atoms with Crippen LogP contribution in [-0.4, -0.2) is 34.7 Å². The maximum atomic E-state index is 11.8. The maximum absolute atomic E-state index is 11.8. The van der Waals surface area contributed by atoms with Gasteiger partial charge in [0.1, 0.15) is 12.4 Å². The van der Waals surface area contributed by atoms with Crippen molar-refractivity contribution in [2.24, 2.45) is 5.92 Å². The molecule has 0 fully saturated rings. The summed E-state index contributed by atoms with van der Waals surface area (Å²) in [5.74, 6) is -0.428. The highest BCUT2D eigenvalue weighted by Gasteiger charge is 2.26. The third-order valence-electron chi connectivity index (χ3n) is 2.69. The minimum absolute atomic E-state index is 0.00919. The molecule has 2 unspecified atom stereocenters. The molecule has 1 amide bonds. The van der Waals surface area contributed by atoms with Crippen molar-refractivity contribution in [3.05, 3.63) is 18.7 Å². The first-order chi connectivity index (χ1) is 8.10. The van der Waals surface area contributed by atoms with Crippen molar-refractivity contribution < 1.29 is 14.3 Å². The summed E-state index contributed by atoms with van der Waals surface area (Å²) in [4.78, 5) is 27.1. The number of imidazole rings is 1.